The Hall–Kier alpha value is -0.240. The molecule has 1 aliphatic carbocycles. The van der Waals surface area contributed by atoms with Gasteiger partial charge in [0.25, 0.3) is 0 Å². The average Bonchev–Trinajstić information content (AvgIpc) is 2.66. The largest absolute Gasteiger partial charge is 0.468 e. The Balaban J connectivity index is 2.30. The second-order valence-electron chi connectivity index (χ2n) is 2.26. The molecule has 1 rings (SSSR count). The Kier molecular flexibility index (Phi) is 1.96. The SMILES string of the molecule is COC(=O)[C@H](Cl)C1CC1. The fraction of sp³-hybridized carbons (Fsp3) is 0.833. The van der Waals surface area contributed by atoms with Crippen molar-refractivity contribution in [1.82, 2.24) is 0 Å². The first kappa shape index (κ1) is 6.87. The number of rotatable bonds is 2. The zero-order valence-electron chi connectivity index (χ0n) is 5.26. The van der Waals surface area contributed by atoms with Gasteiger partial charge in [0.05, 0.1) is 7.11 Å². The average molecular weight is 149 g/mol. The van der Waals surface area contributed by atoms with Crippen LogP contribution in [0.1, 0.15) is 12.8 Å². The standard InChI is InChI=1S/C6H9ClO2/c1-9-6(8)5(7)4-2-3-4/h4-5H,2-3H2,1H3/t5-/m1/s1. The van der Waals surface area contributed by atoms with Crippen LogP contribution in [0.2, 0.25) is 0 Å². The van der Waals surface area contributed by atoms with Crippen molar-refractivity contribution in [2.24, 2.45) is 5.92 Å². The normalized spacial score (nSPS) is 21.1. The number of halogens is 1. The van der Waals surface area contributed by atoms with E-state index in [4.69, 9.17) is 11.6 Å². The minimum absolute atomic E-state index is 0.292. The van der Waals surface area contributed by atoms with Crippen molar-refractivity contribution in [2.45, 2.75) is 18.2 Å². The molecule has 9 heavy (non-hydrogen) atoms. The zero-order chi connectivity index (χ0) is 6.85. The van der Waals surface area contributed by atoms with E-state index in [1.54, 1.807) is 0 Å². The number of hydrogen-bond acceptors (Lipinski definition) is 2. The molecule has 0 N–H and O–H groups in total. The highest BCUT2D eigenvalue weighted by Gasteiger charge is 2.35. The third kappa shape index (κ3) is 1.58. The lowest BCUT2D eigenvalue weighted by Crippen LogP contribution is -2.17. The summed E-state index contributed by atoms with van der Waals surface area (Å²) in [6, 6.07) is 0. The molecule has 0 aromatic rings. The van der Waals surface area contributed by atoms with Crippen LogP contribution in [0, 0.1) is 5.92 Å². The number of esters is 1. The topological polar surface area (TPSA) is 26.3 Å². The fourth-order valence-corrected chi connectivity index (χ4v) is 1.03. The minimum atomic E-state index is -0.394. The van der Waals surface area contributed by atoms with Gasteiger partial charge in [-0.15, -0.1) is 11.6 Å². The van der Waals surface area contributed by atoms with Gasteiger partial charge in [-0.3, -0.25) is 4.79 Å². The van der Waals surface area contributed by atoms with Gasteiger partial charge < -0.3 is 4.74 Å². The second kappa shape index (κ2) is 2.56. The first-order valence-electron chi connectivity index (χ1n) is 2.97. The van der Waals surface area contributed by atoms with E-state index in [1.807, 2.05) is 0 Å². The molecule has 0 heterocycles. The quantitative estimate of drug-likeness (QED) is 0.434. The third-order valence-electron chi connectivity index (χ3n) is 1.46. The van der Waals surface area contributed by atoms with E-state index in [9.17, 15) is 4.79 Å². The highest BCUT2D eigenvalue weighted by atomic mass is 35.5. The number of methoxy groups -OCH3 is 1. The van der Waals surface area contributed by atoms with E-state index in [-0.39, 0.29) is 5.97 Å². The molecular weight excluding hydrogens is 140 g/mol. The smallest absolute Gasteiger partial charge is 0.324 e. The van der Waals surface area contributed by atoms with Crippen LogP contribution < -0.4 is 0 Å². The van der Waals surface area contributed by atoms with E-state index in [1.165, 1.54) is 7.11 Å². The maximum absolute atomic E-state index is 10.6. The molecule has 0 saturated heterocycles. The summed E-state index contributed by atoms with van der Waals surface area (Å²) in [5.41, 5.74) is 0. The summed E-state index contributed by atoms with van der Waals surface area (Å²) >= 11 is 5.65. The van der Waals surface area contributed by atoms with Crippen LogP contribution in [-0.4, -0.2) is 18.5 Å². The lowest BCUT2D eigenvalue weighted by Gasteiger charge is -2.02. The molecule has 0 spiro atoms. The van der Waals surface area contributed by atoms with E-state index in [2.05, 4.69) is 4.74 Å². The van der Waals surface area contributed by atoms with Crippen LogP contribution in [0.4, 0.5) is 0 Å². The summed E-state index contributed by atoms with van der Waals surface area (Å²) in [5, 5.41) is -0.394. The van der Waals surface area contributed by atoms with Crippen molar-refractivity contribution >= 4 is 17.6 Å². The molecule has 0 unspecified atom stereocenters. The molecule has 0 radical (unpaired) electrons. The van der Waals surface area contributed by atoms with Crippen LogP contribution in [0.15, 0.2) is 0 Å². The first-order chi connectivity index (χ1) is 4.25. The number of alkyl halides is 1. The molecule has 52 valence electrons. The van der Waals surface area contributed by atoms with Gasteiger partial charge in [0.2, 0.25) is 0 Å². The van der Waals surface area contributed by atoms with Gasteiger partial charge in [-0.25, -0.2) is 0 Å². The van der Waals surface area contributed by atoms with Gasteiger partial charge in [0.1, 0.15) is 5.38 Å². The molecule has 3 heteroatoms. The number of hydrogen-bond donors (Lipinski definition) is 0. The molecule has 1 saturated carbocycles. The van der Waals surface area contributed by atoms with Crippen molar-refractivity contribution in [3.8, 4) is 0 Å². The van der Waals surface area contributed by atoms with Crippen LogP contribution in [0.5, 0.6) is 0 Å². The molecule has 0 aliphatic heterocycles. The monoisotopic (exact) mass is 148 g/mol. The summed E-state index contributed by atoms with van der Waals surface area (Å²) in [6.45, 7) is 0. The second-order valence-corrected chi connectivity index (χ2v) is 2.73. The molecule has 0 aromatic heterocycles. The Morgan fingerprint density at radius 1 is 1.78 bits per heavy atom. The Morgan fingerprint density at radius 3 is 2.67 bits per heavy atom. The van der Waals surface area contributed by atoms with Gasteiger partial charge in [-0.05, 0) is 18.8 Å². The van der Waals surface area contributed by atoms with E-state index in [0.717, 1.165) is 12.8 Å². The third-order valence-corrected chi connectivity index (χ3v) is 2.00. The van der Waals surface area contributed by atoms with E-state index < -0.39 is 5.38 Å². The van der Waals surface area contributed by atoms with Gasteiger partial charge in [-0.2, -0.15) is 0 Å². The molecule has 1 atom stereocenters. The van der Waals surface area contributed by atoms with Gasteiger partial charge >= 0.3 is 5.97 Å². The van der Waals surface area contributed by atoms with E-state index >= 15 is 0 Å². The predicted octanol–water partition coefficient (Wildman–Crippen LogP) is 1.18. The number of ether oxygens (including phenoxy) is 1. The van der Waals surface area contributed by atoms with E-state index in [0.29, 0.717) is 5.92 Å². The number of carbonyl (C=O) groups excluding carboxylic acids is 1. The Morgan fingerprint density at radius 2 is 2.33 bits per heavy atom. The first-order valence-corrected chi connectivity index (χ1v) is 3.41. The lowest BCUT2D eigenvalue weighted by atomic mass is 10.3. The summed E-state index contributed by atoms with van der Waals surface area (Å²) < 4.78 is 4.44. The molecule has 0 amide bonds. The fourth-order valence-electron chi connectivity index (χ4n) is 0.694. The highest BCUT2D eigenvalue weighted by molar-refractivity contribution is 6.30. The Bertz CT molecular complexity index is 120. The van der Waals surface area contributed by atoms with Crippen molar-refractivity contribution in [1.29, 1.82) is 0 Å². The predicted molar refractivity (Wildman–Crippen MR) is 34.4 cm³/mol. The van der Waals surface area contributed by atoms with Gasteiger partial charge in [-0.1, -0.05) is 0 Å². The molecule has 1 fully saturated rings. The summed E-state index contributed by atoms with van der Waals surface area (Å²) in [7, 11) is 1.36. The summed E-state index contributed by atoms with van der Waals surface area (Å²) in [4.78, 5) is 10.6. The van der Waals surface area contributed by atoms with Gasteiger partial charge in [0.15, 0.2) is 0 Å². The Labute approximate surface area is 59.1 Å². The van der Waals surface area contributed by atoms with Crippen molar-refractivity contribution < 1.29 is 9.53 Å². The summed E-state index contributed by atoms with van der Waals surface area (Å²) in [5.74, 6) is 0.0956. The van der Waals surface area contributed by atoms with Gasteiger partial charge in [0, 0.05) is 0 Å². The van der Waals surface area contributed by atoms with Crippen LogP contribution >= 0.6 is 11.6 Å². The maximum Gasteiger partial charge on any atom is 0.324 e. The molecule has 0 bridgehead atoms. The molecule has 2 nitrogen and oxygen atoms in total. The molecule has 1 aliphatic rings. The molecule has 0 aromatic carbocycles. The zero-order valence-corrected chi connectivity index (χ0v) is 6.02. The number of carbonyl (C=O) groups is 1. The highest BCUT2D eigenvalue weighted by Crippen LogP contribution is 2.35. The maximum atomic E-state index is 10.6. The minimum Gasteiger partial charge on any atom is -0.468 e. The van der Waals surface area contributed by atoms with Crippen molar-refractivity contribution in [3.63, 3.8) is 0 Å². The van der Waals surface area contributed by atoms with Crippen LogP contribution in [0.3, 0.4) is 0 Å². The molecular formula is C6H9ClO2. The van der Waals surface area contributed by atoms with Crippen molar-refractivity contribution in [3.05, 3.63) is 0 Å². The van der Waals surface area contributed by atoms with Crippen LogP contribution in [0.25, 0.3) is 0 Å². The van der Waals surface area contributed by atoms with Crippen LogP contribution in [-0.2, 0) is 9.53 Å². The summed E-state index contributed by atoms with van der Waals surface area (Å²) in [6.07, 6.45) is 2.15. The lowest BCUT2D eigenvalue weighted by molar-refractivity contribution is -0.140. The van der Waals surface area contributed by atoms with Crippen molar-refractivity contribution in [2.75, 3.05) is 7.11 Å².